The molecular weight excluding hydrogens is 170 g/mol. The second-order valence-electron chi connectivity index (χ2n) is 4.62. The molecule has 2 aliphatic rings. The first-order valence-electron chi connectivity index (χ1n) is 5.67. The summed E-state index contributed by atoms with van der Waals surface area (Å²) in [6.45, 7) is 6.16. The maximum atomic E-state index is 2.58. The van der Waals surface area contributed by atoms with E-state index in [1.807, 2.05) is 0 Å². The van der Waals surface area contributed by atoms with Gasteiger partial charge in [0.1, 0.15) is 0 Å². The lowest BCUT2D eigenvalue weighted by atomic mass is 10.1. The molecule has 1 saturated heterocycles. The Hall–Kier alpha value is -0.820. The van der Waals surface area contributed by atoms with Crippen molar-refractivity contribution in [3.05, 3.63) is 35.9 Å². The molecule has 0 radical (unpaired) electrons. The Labute approximate surface area is 85.7 Å². The molecular formula is C13H17N. The second-order valence-corrected chi connectivity index (χ2v) is 4.62. The van der Waals surface area contributed by atoms with E-state index in [9.17, 15) is 0 Å². The van der Waals surface area contributed by atoms with Gasteiger partial charge < -0.3 is 4.90 Å². The molecule has 1 aliphatic heterocycles. The van der Waals surface area contributed by atoms with E-state index < -0.39 is 0 Å². The Balaban J connectivity index is 1.71. The number of benzene rings is 1. The quantitative estimate of drug-likeness (QED) is 0.687. The Morgan fingerprint density at radius 3 is 2.36 bits per heavy atom. The highest BCUT2D eigenvalue weighted by Gasteiger charge is 2.55. The Morgan fingerprint density at radius 1 is 1.14 bits per heavy atom. The van der Waals surface area contributed by atoms with Gasteiger partial charge in [0.2, 0.25) is 0 Å². The SMILES string of the molecule is CCN1CC2C(c3ccccc3)[C@@H]2C1. The van der Waals surface area contributed by atoms with E-state index in [1.54, 1.807) is 5.56 Å². The average Bonchev–Trinajstić information content (AvgIpc) is 2.75. The van der Waals surface area contributed by atoms with Crippen LogP contribution in [0.15, 0.2) is 30.3 Å². The predicted molar refractivity (Wildman–Crippen MR) is 58.3 cm³/mol. The zero-order valence-electron chi connectivity index (χ0n) is 8.69. The molecule has 1 saturated carbocycles. The molecule has 0 spiro atoms. The number of rotatable bonds is 2. The summed E-state index contributed by atoms with van der Waals surface area (Å²) >= 11 is 0. The third kappa shape index (κ3) is 1.19. The maximum absolute atomic E-state index is 2.58. The van der Waals surface area contributed by atoms with Crippen molar-refractivity contribution in [2.45, 2.75) is 12.8 Å². The zero-order valence-corrected chi connectivity index (χ0v) is 8.69. The molecule has 1 aromatic rings. The van der Waals surface area contributed by atoms with Crippen LogP contribution in [0.1, 0.15) is 18.4 Å². The second kappa shape index (κ2) is 3.09. The highest BCUT2D eigenvalue weighted by Crippen LogP contribution is 2.57. The van der Waals surface area contributed by atoms with E-state index in [4.69, 9.17) is 0 Å². The Morgan fingerprint density at radius 2 is 1.79 bits per heavy atom. The number of nitrogens with zero attached hydrogens (tertiary/aromatic N) is 1. The number of hydrogen-bond acceptors (Lipinski definition) is 1. The first-order valence-corrected chi connectivity index (χ1v) is 5.67. The van der Waals surface area contributed by atoms with Crippen LogP contribution in [0.5, 0.6) is 0 Å². The summed E-state index contributed by atoms with van der Waals surface area (Å²) in [5.41, 5.74) is 1.57. The van der Waals surface area contributed by atoms with Gasteiger partial charge in [-0.15, -0.1) is 0 Å². The minimum absolute atomic E-state index is 0.888. The first-order chi connectivity index (χ1) is 6.90. The molecule has 0 bridgehead atoms. The van der Waals surface area contributed by atoms with E-state index in [0.717, 1.165) is 17.8 Å². The van der Waals surface area contributed by atoms with Crippen molar-refractivity contribution in [2.24, 2.45) is 11.8 Å². The van der Waals surface area contributed by atoms with Crippen molar-refractivity contribution in [2.75, 3.05) is 19.6 Å². The van der Waals surface area contributed by atoms with Crippen molar-refractivity contribution in [3.8, 4) is 0 Å². The summed E-state index contributed by atoms with van der Waals surface area (Å²) in [6, 6.07) is 11.0. The largest absolute Gasteiger partial charge is 0.303 e. The fourth-order valence-corrected chi connectivity index (χ4v) is 3.04. The molecule has 1 nitrogen and oxygen atoms in total. The van der Waals surface area contributed by atoms with Gasteiger partial charge in [-0.2, -0.15) is 0 Å². The Bertz CT molecular complexity index is 307. The minimum atomic E-state index is 0.888. The first kappa shape index (κ1) is 8.49. The normalized spacial score (nSPS) is 35.6. The van der Waals surface area contributed by atoms with Crippen LogP contribution in [-0.4, -0.2) is 24.5 Å². The topological polar surface area (TPSA) is 3.24 Å². The fraction of sp³-hybridized carbons (Fsp3) is 0.538. The number of piperidine rings is 1. The van der Waals surface area contributed by atoms with Crippen molar-refractivity contribution >= 4 is 0 Å². The molecule has 0 aromatic heterocycles. The van der Waals surface area contributed by atoms with E-state index in [-0.39, 0.29) is 0 Å². The summed E-state index contributed by atoms with van der Waals surface area (Å²) in [4.78, 5) is 2.58. The van der Waals surface area contributed by atoms with Crippen LogP contribution in [0.4, 0.5) is 0 Å². The Kier molecular flexibility index (Phi) is 1.88. The standard InChI is InChI=1S/C13H17N/c1-2-14-8-11-12(9-14)13(11)10-6-4-3-5-7-10/h3-7,11-13H,2,8-9H2,1H3/t11-,12?,13?/m1/s1. The van der Waals surface area contributed by atoms with Gasteiger partial charge in [-0.25, -0.2) is 0 Å². The highest BCUT2D eigenvalue weighted by atomic mass is 15.2. The average molecular weight is 187 g/mol. The summed E-state index contributed by atoms with van der Waals surface area (Å²) in [7, 11) is 0. The van der Waals surface area contributed by atoms with Gasteiger partial charge in [0.15, 0.2) is 0 Å². The molecule has 0 N–H and O–H groups in total. The molecule has 1 aromatic carbocycles. The van der Waals surface area contributed by atoms with Gasteiger partial charge in [-0.3, -0.25) is 0 Å². The molecule has 14 heavy (non-hydrogen) atoms. The molecule has 0 amide bonds. The number of hydrogen-bond donors (Lipinski definition) is 0. The third-order valence-electron chi connectivity index (χ3n) is 3.90. The molecule has 3 atom stereocenters. The molecule has 2 unspecified atom stereocenters. The summed E-state index contributed by atoms with van der Waals surface area (Å²) in [5.74, 6) is 2.83. The van der Waals surface area contributed by atoms with Crippen LogP contribution >= 0.6 is 0 Å². The molecule has 3 rings (SSSR count). The van der Waals surface area contributed by atoms with Crippen LogP contribution in [0, 0.1) is 11.8 Å². The number of fused-ring (bicyclic) bond motifs is 1. The molecule has 1 heteroatoms. The number of likely N-dealkylation sites (tertiary alicyclic amines) is 1. The van der Waals surface area contributed by atoms with Crippen LogP contribution in [0.25, 0.3) is 0 Å². The van der Waals surface area contributed by atoms with Gasteiger partial charge in [0.05, 0.1) is 0 Å². The van der Waals surface area contributed by atoms with Crippen molar-refractivity contribution in [1.82, 2.24) is 4.90 Å². The van der Waals surface area contributed by atoms with Crippen molar-refractivity contribution in [3.63, 3.8) is 0 Å². The lowest BCUT2D eigenvalue weighted by Gasteiger charge is -2.16. The monoisotopic (exact) mass is 187 g/mol. The van der Waals surface area contributed by atoms with Crippen molar-refractivity contribution in [1.29, 1.82) is 0 Å². The molecule has 1 aliphatic carbocycles. The van der Waals surface area contributed by atoms with Gasteiger partial charge >= 0.3 is 0 Å². The molecule has 74 valence electrons. The van der Waals surface area contributed by atoms with E-state index in [0.29, 0.717) is 0 Å². The van der Waals surface area contributed by atoms with Gasteiger partial charge in [-0.05, 0) is 29.9 Å². The fourth-order valence-electron chi connectivity index (χ4n) is 3.04. The van der Waals surface area contributed by atoms with E-state index >= 15 is 0 Å². The van der Waals surface area contributed by atoms with E-state index in [1.165, 1.54) is 19.6 Å². The van der Waals surface area contributed by atoms with Crippen LogP contribution in [0.2, 0.25) is 0 Å². The lowest BCUT2D eigenvalue weighted by Crippen LogP contribution is -2.23. The third-order valence-corrected chi connectivity index (χ3v) is 3.90. The predicted octanol–water partition coefficient (Wildman–Crippen LogP) is 2.35. The van der Waals surface area contributed by atoms with Gasteiger partial charge in [0, 0.05) is 13.1 Å². The molecule has 1 heterocycles. The van der Waals surface area contributed by atoms with Crippen LogP contribution in [0.3, 0.4) is 0 Å². The summed E-state index contributed by atoms with van der Waals surface area (Å²) in [6.07, 6.45) is 0. The summed E-state index contributed by atoms with van der Waals surface area (Å²) in [5, 5.41) is 0. The summed E-state index contributed by atoms with van der Waals surface area (Å²) < 4.78 is 0. The van der Waals surface area contributed by atoms with Gasteiger partial charge in [0.25, 0.3) is 0 Å². The van der Waals surface area contributed by atoms with Crippen LogP contribution in [-0.2, 0) is 0 Å². The minimum Gasteiger partial charge on any atom is -0.303 e. The molecule has 2 fully saturated rings. The van der Waals surface area contributed by atoms with Crippen molar-refractivity contribution < 1.29 is 0 Å². The maximum Gasteiger partial charge on any atom is 0.00190 e. The lowest BCUT2D eigenvalue weighted by molar-refractivity contribution is 0.314. The smallest absolute Gasteiger partial charge is 0.00190 e. The van der Waals surface area contributed by atoms with Gasteiger partial charge in [-0.1, -0.05) is 37.3 Å². The highest BCUT2D eigenvalue weighted by molar-refractivity contribution is 5.30. The zero-order chi connectivity index (χ0) is 9.54. The van der Waals surface area contributed by atoms with E-state index in [2.05, 4.69) is 42.2 Å². The van der Waals surface area contributed by atoms with Crippen LogP contribution < -0.4 is 0 Å².